The van der Waals surface area contributed by atoms with E-state index in [1.165, 1.54) is 17.7 Å². The number of amides is 2. The second-order valence-corrected chi connectivity index (χ2v) is 6.07. The molecular formula is C14H23N3O4. The molecule has 0 aromatic carbocycles. The molecular weight excluding hydrogens is 274 g/mol. The predicted octanol–water partition coefficient (Wildman–Crippen LogP) is 0.108. The summed E-state index contributed by atoms with van der Waals surface area (Å²) in [5.41, 5.74) is 0. The summed E-state index contributed by atoms with van der Waals surface area (Å²) in [6, 6.07) is -0.562. The Bertz CT molecular complexity index is 417. The molecule has 2 amide bonds. The van der Waals surface area contributed by atoms with Crippen LogP contribution in [0.15, 0.2) is 0 Å². The Morgan fingerprint density at radius 2 is 2.00 bits per heavy atom. The van der Waals surface area contributed by atoms with Crippen LogP contribution in [0.25, 0.3) is 0 Å². The third-order valence-electron chi connectivity index (χ3n) is 4.84. The van der Waals surface area contributed by atoms with Gasteiger partial charge in [0, 0.05) is 25.2 Å². The molecule has 3 unspecified atom stereocenters. The molecule has 0 spiro atoms. The van der Waals surface area contributed by atoms with Crippen LogP contribution in [-0.4, -0.2) is 77.9 Å². The Labute approximate surface area is 124 Å². The number of rotatable bonds is 2. The lowest BCUT2D eigenvalue weighted by atomic mass is 9.99. The molecule has 0 saturated carbocycles. The molecule has 21 heavy (non-hydrogen) atoms. The van der Waals surface area contributed by atoms with E-state index in [1.54, 1.807) is 0 Å². The maximum atomic E-state index is 12.4. The van der Waals surface area contributed by atoms with Crippen molar-refractivity contribution in [3.8, 4) is 0 Å². The fourth-order valence-corrected chi connectivity index (χ4v) is 3.71. The van der Waals surface area contributed by atoms with Crippen molar-refractivity contribution < 1.29 is 19.4 Å². The number of nitrogens with one attached hydrogen (secondary N) is 1. The number of carboxylic acids is 1. The van der Waals surface area contributed by atoms with Gasteiger partial charge in [0.05, 0.1) is 13.2 Å². The predicted molar refractivity (Wildman–Crippen MR) is 75.1 cm³/mol. The molecule has 0 aromatic rings. The third kappa shape index (κ3) is 2.98. The monoisotopic (exact) mass is 297 g/mol. The highest BCUT2D eigenvalue weighted by Crippen LogP contribution is 2.27. The average molecular weight is 297 g/mol. The molecule has 0 bridgehead atoms. The Hall–Kier alpha value is -1.34. The van der Waals surface area contributed by atoms with Gasteiger partial charge in [0.1, 0.15) is 0 Å². The highest BCUT2D eigenvalue weighted by Gasteiger charge is 2.39. The number of nitrogens with zero attached hydrogens (tertiary/aromatic N) is 2. The lowest BCUT2D eigenvalue weighted by Gasteiger charge is -2.36. The van der Waals surface area contributed by atoms with Crippen LogP contribution in [0.2, 0.25) is 0 Å². The van der Waals surface area contributed by atoms with Crippen LogP contribution < -0.4 is 5.32 Å². The molecule has 3 aliphatic heterocycles. The Morgan fingerprint density at radius 3 is 2.81 bits per heavy atom. The van der Waals surface area contributed by atoms with Crippen molar-refractivity contribution in [1.82, 2.24) is 15.1 Å². The van der Waals surface area contributed by atoms with Gasteiger partial charge < -0.3 is 20.1 Å². The highest BCUT2D eigenvalue weighted by atomic mass is 16.5. The number of hydrogen-bond acceptors (Lipinski definition) is 4. The zero-order valence-electron chi connectivity index (χ0n) is 12.2. The van der Waals surface area contributed by atoms with Crippen molar-refractivity contribution in [2.75, 3.05) is 32.8 Å². The van der Waals surface area contributed by atoms with E-state index in [2.05, 4.69) is 10.2 Å². The minimum Gasteiger partial charge on any atom is -0.480 e. The number of carboxylic acid groups (broad SMARTS) is 1. The van der Waals surface area contributed by atoms with Gasteiger partial charge in [-0.05, 0) is 25.8 Å². The van der Waals surface area contributed by atoms with Crippen molar-refractivity contribution in [2.24, 2.45) is 0 Å². The quantitative estimate of drug-likeness (QED) is 0.756. The fraction of sp³-hybridized carbons (Fsp3) is 0.857. The molecule has 3 aliphatic rings. The molecule has 0 aromatic heterocycles. The smallest absolute Gasteiger partial charge is 0.328 e. The molecule has 0 radical (unpaired) electrons. The van der Waals surface area contributed by atoms with E-state index in [4.69, 9.17) is 4.74 Å². The first kappa shape index (κ1) is 14.6. The van der Waals surface area contributed by atoms with E-state index in [9.17, 15) is 14.7 Å². The number of piperidine rings is 1. The Morgan fingerprint density at radius 1 is 1.14 bits per heavy atom. The lowest BCUT2D eigenvalue weighted by Crippen LogP contribution is -2.58. The first-order chi connectivity index (χ1) is 10.2. The second kappa shape index (κ2) is 6.19. The van der Waals surface area contributed by atoms with Crippen molar-refractivity contribution in [2.45, 2.75) is 43.8 Å². The number of carbonyl (C=O) groups excluding carboxylic acids is 1. The van der Waals surface area contributed by atoms with E-state index in [-0.39, 0.29) is 18.7 Å². The number of aliphatic carboxylic acids is 1. The third-order valence-corrected chi connectivity index (χ3v) is 4.84. The van der Waals surface area contributed by atoms with Gasteiger partial charge in [-0.3, -0.25) is 4.90 Å². The second-order valence-electron chi connectivity index (χ2n) is 6.07. The van der Waals surface area contributed by atoms with E-state index in [0.717, 1.165) is 25.9 Å². The van der Waals surface area contributed by atoms with Crippen LogP contribution in [0.1, 0.15) is 25.7 Å². The zero-order valence-corrected chi connectivity index (χ0v) is 12.2. The van der Waals surface area contributed by atoms with Gasteiger partial charge in [0.15, 0.2) is 6.04 Å². The first-order valence-electron chi connectivity index (χ1n) is 7.78. The largest absolute Gasteiger partial charge is 0.480 e. The van der Waals surface area contributed by atoms with Crippen LogP contribution in [0, 0.1) is 0 Å². The zero-order chi connectivity index (χ0) is 14.8. The van der Waals surface area contributed by atoms with Gasteiger partial charge >= 0.3 is 12.0 Å². The van der Waals surface area contributed by atoms with Crippen LogP contribution >= 0.6 is 0 Å². The maximum absolute atomic E-state index is 12.4. The van der Waals surface area contributed by atoms with E-state index in [1.807, 2.05) is 0 Å². The molecule has 7 nitrogen and oxygen atoms in total. The number of carbonyl (C=O) groups is 2. The molecule has 2 N–H and O–H groups in total. The summed E-state index contributed by atoms with van der Waals surface area (Å²) < 4.78 is 5.17. The first-order valence-corrected chi connectivity index (χ1v) is 7.78. The SMILES string of the molecule is O=C(O)C1COCCN1C(=O)NC1CCN2CCCCC12. The number of morpholine rings is 1. The summed E-state index contributed by atoms with van der Waals surface area (Å²) in [5.74, 6) is -1.00. The van der Waals surface area contributed by atoms with E-state index < -0.39 is 12.0 Å². The highest BCUT2D eigenvalue weighted by molar-refractivity contribution is 5.83. The van der Waals surface area contributed by atoms with Gasteiger partial charge in [0.25, 0.3) is 0 Å². The van der Waals surface area contributed by atoms with Crippen molar-refractivity contribution in [3.05, 3.63) is 0 Å². The topological polar surface area (TPSA) is 82.1 Å². The molecule has 118 valence electrons. The van der Waals surface area contributed by atoms with Gasteiger partial charge in [-0.1, -0.05) is 6.42 Å². The molecule has 3 rings (SSSR count). The van der Waals surface area contributed by atoms with Gasteiger partial charge in [0.2, 0.25) is 0 Å². The summed E-state index contributed by atoms with van der Waals surface area (Å²) in [4.78, 5) is 27.5. The fourth-order valence-electron chi connectivity index (χ4n) is 3.71. The molecule has 3 saturated heterocycles. The number of urea groups is 1. The van der Waals surface area contributed by atoms with Crippen molar-refractivity contribution >= 4 is 12.0 Å². The summed E-state index contributed by atoms with van der Waals surface area (Å²) in [7, 11) is 0. The lowest BCUT2D eigenvalue weighted by molar-refractivity contribution is -0.147. The number of hydrogen-bond donors (Lipinski definition) is 2. The summed E-state index contributed by atoms with van der Waals surface area (Å²) in [6.45, 7) is 2.96. The Kier molecular flexibility index (Phi) is 4.30. The maximum Gasteiger partial charge on any atom is 0.328 e. The summed E-state index contributed by atoms with van der Waals surface area (Å²) >= 11 is 0. The van der Waals surface area contributed by atoms with Gasteiger partial charge in [-0.2, -0.15) is 0 Å². The van der Waals surface area contributed by atoms with E-state index in [0.29, 0.717) is 19.2 Å². The van der Waals surface area contributed by atoms with Crippen LogP contribution in [0.5, 0.6) is 0 Å². The molecule has 3 atom stereocenters. The van der Waals surface area contributed by atoms with Gasteiger partial charge in [-0.15, -0.1) is 0 Å². The Balaban J connectivity index is 1.61. The molecule has 3 fully saturated rings. The molecule has 0 aliphatic carbocycles. The number of ether oxygens (including phenoxy) is 1. The van der Waals surface area contributed by atoms with Crippen molar-refractivity contribution in [1.29, 1.82) is 0 Å². The minimum atomic E-state index is -1.00. The van der Waals surface area contributed by atoms with Crippen LogP contribution in [0.3, 0.4) is 0 Å². The standard InChI is InChI=1S/C14H23N3O4/c18-13(19)12-9-21-8-7-17(12)14(20)15-10-4-6-16-5-2-1-3-11(10)16/h10-12H,1-9H2,(H,15,20)(H,18,19). The summed E-state index contributed by atoms with van der Waals surface area (Å²) in [6.07, 6.45) is 4.53. The van der Waals surface area contributed by atoms with Crippen LogP contribution in [-0.2, 0) is 9.53 Å². The van der Waals surface area contributed by atoms with Gasteiger partial charge in [-0.25, -0.2) is 9.59 Å². The van der Waals surface area contributed by atoms with Crippen LogP contribution in [0.4, 0.5) is 4.79 Å². The van der Waals surface area contributed by atoms with E-state index >= 15 is 0 Å². The summed E-state index contributed by atoms with van der Waals surface area (Å²) in [5, 5.41) is 12.3. The van der Waals surface area contributed by atoms with Crippen molar-refractivity contribution in [3.63, 3.8) is 0 Å². The average Bonchev–Trinajstić information content (AvgIpc) is 2.90. The number of fused-ring (bicyclic) bond motifs is 1. The molecule has 3 heterocycles. The normalized spacial score (nSPS) is 33.5. The molecule has 7 heteroatoms. The minimum absolute atomic E-state index is 0.0724.